The minimum Gasteiger partial charge on any atom is -0.508 e. The molecular weight excluding hydrogens is 398 g/mol. The number of phenolic OH excluding ortho intramolecular Hbond substituents is 1. The van der Waals surface area contributed by atoms with E-state index in [2.05, 4.69) is 17.7 Å². The number of carbonyl (C=O) groups excluding carboxylic acids is 1. The SMILES string of the molecule is CC12CCC3c4ccc(O)cc4CCC3C1C/C(=C\c1ccc(OC(F)F)cc1)C2=O. The van der Waals surface area contributed by atoms with E-state index in [0.717, 1.165) is 43.2 Å². The Balaban J connectivity index is 1.41. The lowest BCUT2D eigenvalue weighted by Gasteiger charge is -2.48. The van der Waals surface area contributed by atoms with E-state index in [9.17, 15) is 18.7 Å². The third kappa shape index (κ3) is 3.44. The number of aryl methyl sites for hydroxylation is 1. The molecule has 5 heteroatoms. The van der Waals surface area contributed by atoms with Crippen LogP contribution in [-0.2, 0) is 11.2 Å². The maximum atomic E-state index is 13.4. The van der Waals surface area contributed by atoms with Gasteiger partial charge in [-0.25, -0.2) is 0 Å². The first-order valence-electron chi connectivity index (χ1n) is 11.0. The maximum Gasteiger partial charge on any atom is 0.387 e. The fourth-order valence-corrected chi connectivity index (χ4v) is 6.31. The van der Waals surface area contributed by atoms with Crippen molar-refractivity contribution in [2.45, 2.75) is 51.6 Å². The van der Waals surface area contributed by atoms with Crippen LogP contribution in [0.5, 0.6) is 11.5 Å². The number of aromatic hydroxyl groups is 1. The van der Waals surface area contributed by atoms with E-state index in [1.54, 1.807) is 18.2 Å². The Labute approximate surface area is 180 Å². The van der Waals surface area contributed by atoms with Crippen LogP contribution in [0.25, 0.3) is 6.08 Å². The molecule has 3 aliphatic rings. The average Bonchev–Trinajstić information content (AvgIpc) is 2.99. The number of rotatable bonds is 3. The molecule has 162 valence electrons. The van der Waals surface area contributed by atoms with Gasteiger partial charge in [0.05, 0.1) is 0 Å². The number of carbonyl (C=O) groups is 1. The molecule has 2 saturated carbocycles. The van der Waals surface area contributed by atoms with E-state index in [-0.39, 0.29) is 16.9 Å². The monoisotopic (exact) mass is 424 g/mol. The molecule has 5 rings (SSSR count). The molecule has 0 spiro atoms. The molecule has 2 fully saturated rings. The topological polar surface area (TPSA) is 46.5 Å². The van der Waals surface area contributed by atoms with E-state index in [1.165, 1.54) is 23.3 Å². The van der Waals surface area contributed by atoms with Crippen LogP contribution in [0.15, 0.2) is 48.0 Å². The van der Waals surface area contributed by atoms with Gasteiger partial charge in [0, 0.05) is 5.41 Å². The molecule has 0 saturated heterocycles. The second-order valence-electron chi connectivity index (χ2n) is 9.41. The summed E-state index contributed by atoms with van der Waals surface area (Å²) in [5, 5.41) is 9.85. The largest absolute Gasteiger partial charge is 0.508 e. The zero-order valence-electron chi connectivity index (χ0n) is 17.5. The van der Waals surface area contributed by atoms with E-state index >= 15 is 0 Å². The van der Waals surface area contributed by atoms with Gasteiger partial charge in [-0.1, -0.05) is 25.1 Å². The average molecular weight is 424 g/mol. The fourth-order valence-electron chi connectivity index (χ4n) is 6.31. The van der Waals surface area contributed by atoms with Crippen molar-refractivity contribution in [1.29, 1.82) is 0 Å². The molecule has 0 bridgehead atoms. The first-order chi connectivity index (χ1) is 14.8. The smallest absolute Gasteiger partial charge is 0.387 e. The number of halogens is 2. The van der Waals surface area contributed by atoms with Crippen LogP contribution >= 0.6 is 0 Å². The third-order valence-corrected chi connectivity index (χ3v) is 7.80. The van der Waals surface area contributed by atoms with Crippen molar-refractivity contribution < 1.29 is 23.4 Å². The standard InChI is InChI=1S/C26H26F2O3/c1-26-11-10-21-20-9-5-18(29)13-16(20)4-8-22(21)23(26)14-17(24(26)30)12-15-2-6-19(7-3-15)31-25(27)28/h2-3,5-7,9,12-13,21-23,25,29H,4,8,10-11,14H2,1H3/b17-12+. The summed E-state index contributed by atoms with van der Waals surface area (Å²) in [4.78, 5) is 13.4. The number of ketones is 1. The number of ether oxygens (including phenoxy) is 1. The summed E-state index contributed by atoms with van der Waals surface area (Å²) < 4.78 is 29.2. The normalized spacial score (nSPS) is 30.8. The Bertz CT molecular complexity index is 1040. The Morgan fingerprint density at radius 2 is 1.94 bits per heavy atom. The van der Waals surface area contributed by atoms with Crippen molar-refractivity contribution in [1.82, 2.24) is 0 Å². The first kappa shape index (κ1) is 20.2. The van der Waals surface area contributed by atoms with Crippen molar-refractivity contribution >= 4 is 11.9 Å². The molecule has 0 aliphatic heterocycles. The van der Waals surface area contributed by atoms with E-state index in [0.29, 0.717) is 23.5 Å². The van der Waals surface area contributed by atoms with Gasteiger partial charge in [-0.05, 0) is 102 Å². The van der Waals surface area contributed by atoms with Crippen LogP contribution in [0.1, 0.15) is 55.2 Å². The molecule has 2 aromatic carbocycles. The second kappa shape index (κ2) is 7.47. The molecule has 4 unspecified atom stereocenters. The Morgan fingerprint density at radius 3 is 2.68 bits per heavy atom. The Morgan fingerprint density at radius 1 is 1.16 bits per heavy atom. The highest BCUT2D eigenvalue weighted by Crippen LogP contribution is 2.60. The Hall–Kier alpha value is -2.69. The highest BCUT2D eigenvalue weighted by atomic mass is 19.3. The third-order valence-electron chi connectivity index (χ3n) is 7.80. The molecular formula is C26H26F2O3. The molecule has 0 heterocycles. The maximum absolute atomic E-state index is 13.4. The lowest BCUT2D eigenvalue weighted by atomic mass is 9.55. The summed E-state index contributed by atoms with van der Waals surface area (Å²) in [6, 6.07) is 12.2. The lowest BCUT2D eigenvalue weighted by Crippen LogP contribution is -2.42. The van der Waals surface area contributed by atoms with Crippen molar-refractivity contribution in [3.8, 4) is 11.5 Å². The van der Waals surface area contributed by atoms with Crippen LogP contribution in [-0.4, -0.2) is 17.5 Å². The number of phenols is 1. The number of alkyl halides is 2. The van der Waals surface area contributed by atoms with Gasteiger partial charge < -0.3 is 9.84 Å². The van der Waals surface area contributed by atoms with Crippen molar-refractivity contribution in [3.05, 3.63) is 64.7 Å². The van der Waals surface area contributed by atoms with Crippen molar-refractivity contribution in [3.63, 3.8) is 0 Å². The van der Waals surface area contributed by atoms with Crippen LogP contribution in [0.3, 0.4) is 0 Å². The van der Waals surface area contributed by atoms with Crippen molar-refractivity contribution in [2.75, 3.05) is 0 Å². The minimum absolute atomic E-state index is 0.116. The van der Waals surface area contributed by atoms with Crippen molar-refractivity contribution in [2.24, 2.45) is 17.3 Å². The number of benzene rings is 2. The number of Topliss-reactive ketones (excluding diaryl/α,β-unsaturated/α-hetero) is 1. The molecule has 0 aromatic heterocycles. The lowest BCUT2D eigenvalue weighted by molar-refractivity contribution is -0.127. The van der Waals surface area contributed by atoms with Gasteiger partial charge in [-0.2, -0.15) is 8.78 Å². The van der Waals surface area contributed by atoms with E-state index < -0.39 is 6.61 Å². The van der Waals surface area contributed by atoms with Gasteiger partial charge >= 0.3 is 6.61 Å². The fraction of sp³-hybridized carbons (Fsp3) is 0.423. The van der Waals surface area contributed by atoms with Gasteiger partial charge in [-0.3, -0.25) is 4.79 Å². The van der Waals surface area contributed by atoms with Gasteiger partial charge in [0.15, 0.2) is 5.78 Å². The summed E-state index contributed by atoms with van der Waals surface area (Å²) >= 11 is 0. The second-order valence-corrected chi connectivity index (χ2v) is 9.41. The molecule has 31 heavy (non-hydrogen) atoms. The van der Waals surface area contributed by atoms with Gasteiger partial charge in [0.2, 0.25) is 0 Å². The first-order valence-corrected chi connectivity index (χ1v) is 11.0. The highest BCUT2D eigenvalue weighted by molar-refractivity contribution is 6.06. The van der Waals surface area contributed by atoms with Crippen LogP contribution in [0.4, 0.5) is 8.78 Å². The summed E-state index contributed by atoms with van der Waals surface area (Å²) in [6.45, 7) is -0.718. The molecule has 1 N–H and O–H groups in total. The predicted octanol–water partition coefficient (Wildman–Crippen LogP) is 6.11. The van der Waals surface area contributed by atoms with Gasteiger partial charge in [-0.15, -0.1) is 0 Å². The highest BCUT2D eigenvalue weighted by Gasteiger charge is 2.56. The molecule has 2 aromatic rings. The number of allylic oxidation sites excluding steroid dienone is 1. The number of hydrogen-bond donors (Lipinski definition) is 1. The van der Waals surface area contributed by atoms with Crippen LogP contribution < -0.4 is 4.74 Å². The van der Waals surface area contributed by atoms with E-state index in [4.69, 9.17) is 0 Å². The summed E-state index contributed by atoms with van der Waals surface area (Å²) in [7, 11) is 0. The quantitative estimate of drug-likeness (QED) is 0.605. The summed E-state index contributed by atoms with van der Waals surface area (Å²) in [5.74, 6) is 1.90. The summed E-state index contributed by atoms with van der Waals surface area (Å²) in [5.41, 5.74) is 3.92. The molecule has 0 amide bonds. The molecule has 0 radical (unpaired) electrons. The minimum atomic E-state index is -2.85. The molecule has 4 atom stereocenters. The van der Waals surface area contributed by atoms with Gasteiger partial charge in [0.1, 0.15) is 11.5 Å². The Kier molecular flexibility index (Phi) is 4.87. The number of hydrogen-bond acceptors (Lipinski definition) is 3. The zero-order chi connectivity index (χ0) is 21.8. The van der Waals surface area contributed by atoms with E-state index in [1.807, 2.05) is 12.1 Å². The zero-order valence-corrected chi connectivity index (χ0v) is 17.5. The summed E-state index contributed by atoms with van der Waals surface area (Å²) in [6.07, 6.45) is 6.53. The van der Waals surface area contributed by atoms with Crippen LogP contribution in [0.2, 0.25) is 0 Å². The predicted molar refractivity (Wildman–Crippen MR) is 114 cm³/mol. The molecule has 3 aliphatic carbocycles. The molecule has 3 nitrogen and oxygen atoms in total. The number of fused-ring (bicyclic) bond motifs is 5. The van der Waals surface area contributed by atoms with Crippen LogP contribution in [0, 0.1) is 17.3 Å². The van der Waals surface area contributed by atoms with Gasteiger partial charge in [0.25, 0.3) is 0 Å².